The Morgan fingerprint density at radius 2 is 1.30 bits per heavy atom. The van der Waals surface area contributed by atoms with E-state index in [0.29, 0.717) is 0 Å². The van der Waals surface area contributed by atoms with Crippen molar-refractivity contribution in [3.63, 3.8) is 0 Å². The van der Waals surface area contributed by atoms with Gasteiger partial charge >= 0.3 is 0 Å². The average molecular weight is 279 g/mol. The van der Waals surface area contributed by atoms with E-state index >= 15 is 0 Å². The molecule has 0 unspecified atom stereocenters. The first-order chi connectivity index (χ1) is 9.86. The molecule has 0 saturated carbocycles. The van der Waals surface area contributed by atoms with Gasteiger partial charge in [-0.1, -0.05) is 60.7 Å². The third-order valence-electron chi connectivity index (χ3n) is 3.05. The first-order valence-electron chi connectivity index (χ1n) is 6.39. The van der Waals surface area contributed by atoms with E-state index in [1.165, 1.54) is 16.8 Å². The van der Waals surface area contributed by atoms with E-state index in [1.54, 1.807) is 6.20 Å². The van der Waals surface area contributed by atoms with Crippen molar-refractivity contribution in [1.29, 1.82) is 0 Å². The van der Waals surface area contributed by atoms with Crippen LogP contribution in [0.25, 0.3) is 0 Å². The normalized spacial score (nSPS) is 10.7. The molecule has 3 heteroatoms. The monoisotopic (exact) mass is 279 g/mol. The summed E-state index contributed by atoms with van der Waals surface area (Å²) in [5.74, 6) is 0.256. The quantitative estimate of drug-likeness (QED) is 0.747. The predicted octanol–water partition coefficient (Wildman–Crippen LogP) is 2.55. The van der Waals surface area contributed by atoms with Crippen LogP contribution in [0.5, 0.6) is 5.75 Å². The van der Waals surface area contributed by atoms with Crippen LogP contribution in [0.4, 0.5) is 0 Å². The van der Waals surface area contributed by atoms with Crippen molar-refractivity contribution in [2.24, 2.45) is 0 Å². The molecule has 1 aromatic heterocycles. The lowest BCUT2D eigenvalue weighted by Gasteiger charge is -2.19. The summed E-state index contributed by atoms with van der Waals surface area (Å²) in [6, 6.07) is 22.5. The van der Waals surface area contributed by atoms with Crippen LogP contribution in [0.1, 0.15) is 0 Å². The molecule has 0 saturated heterocycles. The van der Waals surface area contributed by atoms with Crippen molar-refractivity contribution < 1.29 is 5.11 Å². The largest absolute Gasteiger partial charge is 0.506 e. The number of hydrogen-bond donors (Lipinski definition) is 1. The Labute approximate surface area is 119 Å². The lowest BCUT2D eigenvalue weighted by Crippen LogP contribution is -2.20. The molecule has 0 spiro atoms. The molecular weight excluding hydrogens is 265 g/mol. The van der Waals surface area contributed by atoms with Gasteiger partial charge in [0.15, 0.2) is 0 Å². The van der Waals surface area contributed by atoms with Crippen LogP contribution in [-0.2, 0) is 0 Å². The molecule has 0 aliphatic heterocycles. The number of rotatable bonds is 3. The average Bonchev–Trinajstić information content (AvgIpc) is 2.52. The van der Waals surface area contributed by atoms with Crippen molar-refractivity contribution >= 4 is 23.8 Å². The van der Waals surface area contributed by atoms with Crippen LogP contribution < -0.4 is 15.9 Å². The summed E-state index contributed by atoms with van der Waals surface area (Å²) in [4.78, 5) is 3.98. The summed E-state index contributed by atoms with van der Waals surface area (Å²) in [5, 5.41) is 13.5. The Hall–Kier alpha value is -2.18. The Kier molecular flexibility index (Phi) is 3.76. The van der Waals surface area contributed by atoms with E-state index in [-0.39, 0.29) is 5.75 Å². The maximum atomic E-state index is 10.2. The fourth-order valence-electron chi connectivity index (χ4n) is 2.15. The summed E-state index contributed by atoms with van der Waals surface area (Å²) in [6.07, 6.45) is 3.24. The Balaban J connectivity index is 2.17. The standard InChI is InChI=1S/C17H14NOP/c19-16-13-18-12-11-17(16)20(14-7-3-1-4-8-14)15-9-5-2-6-10-15/h1-13,19H. The van der Waals surface area contributed by atoms with Gasteiger partial charge in [-0.25, -0.2) is 0 Å². The lowest BCUT2D eigenvalue weighted by atomic mass is 10.4. The number of benzene rings is 2. The van der Waals surface area contributed by atoms with Crippen molar-refractivity contribution in [3.8, 4) is 5.75 Å². The molecule has 0 aliphatic rings. The highest BCUT2D eigenvalue weighted by Gasteiger charge is 2.18. The van der Waals surface area contributed by atoms with Gasteiger partial charge in [-0.05, 0) is 24.6 Å². The van der Waals surface area contributed by atoms with Crippen LogP contribution in [0.2, 0.25) is 0 Å². The Bertz CT molecular complexity index is 646. The molecular formula is C17H14NOP. The minimum absolute atomic E-state index is 0.256. The number of nitrogens with zero attached hydrogens (tertiary/aromatic N) is 1. The van der Waals surface area contributed by atoms with E-state index in [1.807, 2.05) is 42.5 Å². The third-order valence-corrected chi connectivity index (χ3v) is 5.54. The minimum Gasteiger partial charge on any atom is -0.506 e. The number of aromatic hydroxyl groups is 1. The highest BCUT2D eigenvalue weighted by molar-refractivity contribution is 7.80. The Morgan fingerprint density at radius 3 is 1.80 bits per heavy atom. The number of aromatic nitrogens is 1. The molecule has 0 aliphatic carbocycles. The summed E-state index contributed by atoms with van der Waals surface area (Å²) in [7, 11) is -0.757. The maximum absolute atomic E-state index is 10.2. The van der Waals surface area contributed by atoms with Gasteiger partial charge in [0, 0.05) is 11.5 Å². The van der Waals surface area contributed by atoms with Crippen molar-refractivity contribution in [1.82, 2.24) is 4.98 Å². The third kappa shape index (κ3) is 2.56. The minimum atomic E-state index is -0.757. The second-order valence-corrected chi connectivity index (χ2v) is 6.56. The molecule has 2 nitrogen and oxygen atoms in total. The zero-order chi connectivity index (χ0) is 13.8. The van der Waals surface area contributed by atoms with Crippen LogP contribution >= 0.6 is 7.92 Å². The summed E-state index contributed by atoms with van der Waals surface area (Å²) < 4.78 is 0. The zero-order valence-corrected chi connectivity index (χ0v) is 11.7. The highest BCUT2D eigenvalue weighted by atomic mass is 31.1. The summed E-state index contributed by atoms with van der Waals surface area (Å²) >= 11 is 0. The van der Waals surface area contributed by atoms with Gasteiger partial charge in [0.1, 0.15) is 5.75 Å². The van der Waals surface area contributed by atoms with E-state index in [0.717, 1.165) is 5.30 Å². The molecule has 2 aromatic carbocycles. The van der Waals surface area contributed by atoms with Gasteiger partial charge < -0.3 is 5.11 Å². The van der Waals surface area contributed by atoms with Crippen LogP contribution in [0, 0.1) is 0 Å². The van der Waals surface area contributed by atoms with Gasteiger partial charge in [0.2, 0.25) is 0 Å². The van der Waals surface area contributed by atoms with Crippen molar-refractivity contribution in [2.45, 2.75) is 0 Å². The zero-order valence-electron chi connectivity index (χ0n) is 10.8. The molecule has 98 valence electrons. The fraction of sp³-hybridized carbons (Fsp3) is 0. The molecule has 0 amide bonds. The van der Waals surface area contributed by atoms with Crippen LogP contribution in [0.3, 0.4) is 0 Å². The second-order valence-electron chi connectivity index (χ2n) is 4.37. The fourth-order valence-corrected chi connectivity index (χ4v) is 4.45. The maximum Gasteiger partial charge on any atom is 0.142 e. The van der Waals surface area contributed by atoms with Crippen molar-refractivity contribution in [3.05, 3.63) is 79.1 Å². The van der Waals surface area contributed by atoms with Crippen LogP contribution in [0.15, 0.2) is 79.1 Å². The molecule has 3 aromatic rings. The van der Waals surface area contributed by atoms with Gasteiger partial charge in [-0.2, -0.15) is 0 Å². The lowest BCUT2D eigenvalue weighted by molar-refractivity contribution is 0.477. The second kappa shape index (κ2) is 5.85. The molecule has 0 atom stereocenters. The van der Waals surface area contributed by atoms with E-state index < -0.39 is 7.92 Å². The van der Waals surface area contributed by atoms with E-state index in [9.17, 15) is 5.11 Å². The number of hydrogen-bond acceptors (Lipinski definition) is 2. The molecule has 1 heterocycles. The van der Waals surface area contributed by atoms with Gasteiger partial charge in [-0.15, -0.1) is 0 Å². The van der Waals surface area contributed by atoms with Crippen LogP contribution in [-0.4, -0.2) is 10.1 Å². The van der Waals surface area contributed by atoms with Gasteiger partial charge in [0.05, 0.1) is 6.20 Å². The molecule has 20 heavy (non-hydrogen) atoms. The first kappa shape index (κ1) is 12.8. The highest BCUT2D eigenvalue weighted by Crippen LogP contribution is 2.35. The van der Waals surface area contributed by atoms with Crippen molar-refractivity contribution in [2.75, 3.05) is 0 Å². The van der Waals surface area contributed by atoms with E-state index in [4.69, 9.17) is 0 Å². The smallest absolute Gasteiger partial charge is 0.142 e. The predicted molar refractivity (Wildman–Crippen MR) is 84.6 cm³/mol. The molecule has 0 radical (unpaired) electrons. The topological polar surface area (TPSA) is 33.1 Å². The molecule has 0 bridgehead atoms. The van der Waals surface area contributed by atoms with Gasteiger partial charge in [0.25, 0.3) is 0 Å². The Morgan fingerprint density at radius 1 is 0.750 bits per heavy atom. The first-order valence-corrected chi connectivity index (χ1v) is 7.73. The molecule has 3 rings (SSSR count). The molecule has 0 fully saturated rings. The molecule has 1 N–H and O–H groups in total. The number of pyridine rings is 1. The summed E-state index contributed by atoms with van der Waals surface area (Å²) in [5.41, 5.74) is 0. The van der Waals surface area contributed by atoms with E-state index in [2.05, 4.69) is 29.2 Å². The van der Waals surface area contributed by atoms with Gasteiger partial charge in [-0.3, -0.25) is 4.98 Å². The summed E-state index contributed by atoms with van der Waals surface area (Å²) in [6.45, 7) is 0. The SMILES string of the molecule is Oc1cnccc1P(c1ccccc1)c1ccccc1.